The van der Waals surface area contributed by atoms with Gasteiger partial charge in [0, 0.05) is 10.9 Å². The molecule has 0 bridgehead atoms. The van der Waals surface area contributed by atoms with E-state index < -0.39 is 6.04 Å². The summed E-state index contributed by atoms with van der Waals surface area (Å²) in [7, 11) is 0. The molecule has 3 rings (SSSR count). The topological polar surface area (TPSA) is 83.7 Å². The Morgan fingerprint density at radius 3 is 2.30 bits per heavy atom. The highest BCUT2D eigenvalue weighted by molar-refractivity contribution is 6.30. The lowest BCUT2D eigenvalue weighted by atomic mass is 9.95. The molecular formula is C16H18ClN3O3. The molecule has 0 saturated carbocycles. The Kier molecular flexibility index (Phi) is 4.37. The van der Waals surface area contributed by atoms with Gasteiger partial charge in [0.05, 0.1) is 18.2 Å². The molecule has 1 atom stereocenters. The Balaban J connectivity index is 1.72. The molecule has 2 saturated heterocycles. The van der Waals surface area contributed by atoms with Gasteiger partial charge >= 0.3 is 0 Å². The first-order valence-corrected chi connectivity index (χ1v) is 8.01. The molecule has 7 heteroatoms. The second-order valence-electron chi connectivity index (χ2n) is 5.98. The number of anilines is 1. The van der Waals surface area contributed by atoms with Gasteiger partial charge in [-0.05, 0) is 50.2 Å². The molecule has 2 heterocycles. The number of hydrogen-bond acceptors (Lipinski definition) is 4. The maximum absolute atomic E-state index is 12.7. The molecule has 0 radical (unpaired) electrons. The lowest BCUT2D eigenvalue weighted by Gasteiger charge is -2.33. The van der Waals surface area contributed by atoms with Gasteiger partial charge in [0.15, 0.2) is 0 Å². The number of likely N-dealkylation sites (tertiary alicyclic amines) is 1. The highest BCUT2D eigenvalue weighted by atomic mass is 35.5. The van der Waals surface area contributed by atoms with E-state index in [1.807, 2.05) is 4.90 Å². The molecule has 23 heavy (non-hydrogen) atoms. The normalized spacial score (nSPS) is 23.5. The number of rotatable bonds is 3. The van der Waals surface area contributed by atoms with E-state index >= 15 is 0 Å². The zero-order valence-electron chi connectivity index (χ0n) is 12.6. The van der Waals surface area contributed by atoms with E-state index in [1.165, 1.54) is 4.90 Å². The summed E-state index contributed by atoms with van der Waals surface area (Å²) in [5.74, 6) is -0.846. The molecular weight excluding hydrogens is 318 g/mol. The number of nitrogens with two attached hydrogens (primary N) is 1. The van der Waals surface area contributed by atoms with Crippen LogP contribution < -0.4 is 10.6 Å². The first kappa shape index (κ1) is 16.0. The van der Waals surface area contributed by atoms with Crippen LogP contribution in [0.4, 0.5) is 5.69 Å². The molecule has 0 aliphatic carbocycles. The molecule has 6 nitrogen and oxygen atoms in total. The molecule has 0 aromatic heterocycles. The predicted octanol–water partition coefficient (Wildman–Crippen LogP) is 1.17. The second kappa shape index (κ2) is 6.29. The van der Waals surface area contributed by atoms with Crippen LogP contribution in [0.5, 0.6) is 0 Å². The number of halogens is 1. The summed E-state index contributed by atoms with van der Waals surface area (Å²) < 4.78 is 0. The van der Waals surface area contributed by atoms with Gasteiger partial charge in [-0.3, -0.25) is 19.3 Å². The Morgan fingerprint density at radius 1 is 1.13 bits per heavy atom. The summed E-state index contributed by atoms with van der Waals surface area (Å²) in [6.45, 7) is 1.21. The van der Waals surface area contributed by atoms with Gasteiger partial charge in [0.2, 0.25) is 11.8 Å². The van der Waals surface area contributed by atoms with Crippen LogP contribution in [0.25, 0.3) is 0 Å². The number of carbonyl (C=O) groups excluding carboxylic acids is 3. The van der Waals surface area contributed by atoms with Crippen LogP contribution in [0.15, 0.2) is 24.3 Å². The molecule has 122 valence electrons. The van der Waals surface area contributed by atoms with Crippen molar-refractivity contribution in [3.8, 4) is 0 Å². The zero-order chi connectivity index (χ0) is 16.6. The third kappa shape index (κ3) is 3.09. The first-order valence-electron chi connectivity index (χ1n) is 7.63. The highest BCUT2D eigenvalue weighted by Gasteiger charge is 2.43. The molecule has 0 unspecified atom stereocenters. The maximum atomic E-state index is 12.7. The van der Waals surface area contributed by atoms with Crippen LogP contribution in [-0.2, 0) is 14.4 Å². The van der Waals surface area contributed by atoms with E-state index in [0.29, 0.717) is 36.6 Å². The number of carbonyl (C=O) groups is 3. The van der Waals surface area contributed by atoms with Crippen LogP contribution in [0, 0.1) is 5.92 Å². The molecule has 2 aliphatic rings. The van der Waals surface area contributed by atoms with E-state index in [1.54, 1.807) is 24.3 Å². The summed E-state index contributed by atoms with van der Waals surface area (Å²) in [4.78, 5) is 39.4. The Bertz CT molecular complexity index is 638. The van der Waals surface area contributed by atoms with Crippen molar-refractivity contribution in [2.75, 3.05) is 18.0 Å². The van der Waals surface area contributed by atoms with Gasteiger partial charge in [-0.1, -0.05) is 11.6 Å². The quantitative estimate of drug-likeness (QED) is 0.840. The van der Waals surface area contributed by atoms with E-state index in [9.17, 15) is 14.4 Å². The Morgan fingerprint density at radius 2 is 1.74 bits per heavy atom. The maximum Gasteiger partial charge on any atom is 0.251 e. The number of piperidine rings is 1. The van der Waals surface area contributed by atoms with Crippen LogP contribution in [0.3, 0.4) is 0 Å². The molecule has 1 aromatic rings. The molecule has 2 fully saturated rings. The van der Waals surface area contributed by atoms with Crippen LogP contribution >= 0.6 is 11.6 Å². The number of amides is 3. The molecule has 3 amide bonds. The SMILES string of the molecule is NC(=O)C1CCN([C@@H]2CC(=O)N(c3ccc(Cl)cc3)C2=O)CC1. The highest BCUT2D eigenvalue weighted by Crippen LogP contribution is 2.29. The first-order chi connectivity index (χ1) is 11.0. The van der Waals surface area contributed by atoms with Crippen molar-refractivity contribution in [3.05, 3.63) is 29.3 Å². The Hall–Kier alpha value is -1.92. The predicted molar refractivity (Wildman–Crippen MR) is 85.8 cm³/mol. The number of hydrogen-bond donors (Lipinski definition) is 1. The fourth-order valence-electron chi connectivity index (χ4n) is 3.26. The van der Waals surface area contributed by atoms with Crippen molar-refractivity contribution in [1.29, 1.82) is 0 Å². The summed E-state index contributed by atoms with van der Waals surface area (Å²) in [6.07, 6.45) is 1.44. The fourth-order valence-corrected chi connectivity index (χ4v) is 3.38. The van der Waals surface area contributed by atoms with Crippen LogP contribution in [0.1, 0.15) is 19.3 Å². The monoisotopic (exact) mass is 335 g/mol. The molecule has 2 N–H and O–H groups in total. The lowest BCUT2D eigenvalue weighted by Crippen LogP contribution is -2.47. The van der Waals surface area contributed by atoms with Crippen molar-refractivity contribution >= 4 is 35.0 Å². The van der Waals surface area contributed by atoms with Crippen molar-refractivity contribution in [2.24, 2.45) is 11.7 Å². The molecule has 2 aliphatic heterocycles. The van der Waals surface area contributed by atoms with Crippen LogP contribution in [-0.4, -0.2) is 41.8 Å². The number of primary amides is 1. The van der Waals surface area contributed by atoms with Gasteiger partial charge in [0.1, 0.15) is 0 Å². The van der Waals surface area contributed by atoms with Crippen molar-refractivity contribution in [1.82, 2.24) is 4.90 Å². The summed E-state index contributed by atoms with van der Waals surface area (Å²) in [5.41, 5.74) is 5.87. The van der Waals surface area contributed by atoms with Crippen molar-refractivity contribution < 1.29 is 14.4 Å². The average molecular weight is 336 g/mol. The minimum atomic E-state index is -0.452. The standard InChI is InChI=1S/C16H18ClN3O3/c17-11-1-3-12(4-2-11)20-14(21)9-13(16(20)23)19-7-5-10(6-8-19)15(18)22/h1-4,10,13H,5-9H2,(H2,18,22)/t13-/m1/s1. The summed E-state index contributed by atoms with van der Waals surface area (Å²) >= 11 is 5.85. The largest absolute Gasteiger partial charge is 0.369 e. The van der Waals surface area contributed by atoms with Gasteiger partial charge in [-0.15, -0.1) is 0 Å². The lowest BCUT2D eigenvalue weighted by molar-refractivity contribution is -0.124. The second-order valence-corrected chi connectivity index (χ2v) is 6.41. The van der Waals surface area contributed by atoms with Crippen molar-refractivity contribution in [3.63, 3.8) is 0 Å². The zero-order valence-corrected chi connectivity index (χ0v) is 13.3. The molecule has 0 spiro atoms. The van der Waals surface area contributed by atoms with Gasteiger partial charge in [0.25, 0.3) is 5.91 Å². The average Bonchev–Trinajstić information content (AvgIpc) is 2.83. The van der Waals surface area contributed by atoms with Crippen LogP contribution in [0.2, 0.25) is 5.02 Å². The Labute approximate surface area is 139 Å². The summed E-state index contributed by atoms with van der Waals surface area (Å²) in [5, 5.41) is 0.554. The fraction of sp³-hybridized carbons (Fsp3) is 0.438. The number of imide groups is 1. The third-order valence-electron chi connectivity index (χ3n) is 4.58. The molecule has 1 aromatic carbocycles. The number of benzene rings is 1. The summed E-state index contributed by atoms with van der Waals surface area (Å²) in [6, 6.07) is 6.19. The van der Waals surface area contributed by atoms with E-state index in [2.05, 4.69) is 0 Å². The third-order valence-corrected chi connectivity index (χ3v) is 4.83. The van der Waals surface area contributed by atoms with E-state index in [-0.39, 0.29) is 30.1 Å². The minimum Gasteiger partial charge on any atom is -0.369 e. The minimum absolute atomic E-state index is 0.133. The van der Waals surface area contributed by atoms with Gasteiger partial charge in [-0.2, -0.15) is 0 Å². The van der Waals surface area contributed by atoms with Gasteiger partial charge in [-0.25, -0.2) is 4.90 Å². The number of nitrogens with zero attached hydrogens (tertiary/aromatic N) is 2. The van der Waals surface area contributed by atoms with Crippen molar-refractivity contribution in [2.45, 2.75) is 25.3 Å². The smallest absolute Gasteiger partial charge is 0.251 e. The van der Waals surface area contributed by atoms with E-state index in [0.717, 1.165) is 0 Å². The van der Waals surface area contributed by atoms with E-state index in [4.69, 9.17) is 17.3 Å². The van der Waals surface area contributed by atoms with Gasteiger partial charge < -0.3 is 5.73 Å².